The van der Waals surface area contributed by atoms with Crippen molar-refractivity contribution in [3.63, 3.8) is 0 Å². The van der Waals surface area contributed by atoms with E-state index in [4.69, 9.17) is 5.11 Å². The molecule has 1 rings (SSSR count). The molecule has 0 aliphatic heterocycles. The van der Waals surface area contributed by atoms with E-state index in [1.54, 1.807) is 0 Å². The SMILES string of the molecule is CC(=O)N[C@@H](CC(=O)O)C1CCCCC1. The highest BCUT2D eigenvalue weighted by Crippen LogP contribution is 2.27. The van der Waals surface area contributed by atoms with Crippen molar-refractivity contribution >= 4 is 11.9 Å². The molecule has 0 aromatic heterocycles. The first kappa shape index (κ1) is 12.0. The first-order valence-electron chi connectivity index (χ1n) is 5.58. The fraction of sp³-hybridized carbons (Fsp3) is 0.818. The third-order valence-electron chi connectivity index (χ3n) is 3.00. The minimum atomic E-state index is -0.834. The highest BCUT2D eigenvalue weighted by Gasteiger charge is 2.26. The third-order valence-corrected chi connectivity index (χ3v) is 3.00. The molecule has 1 amide bonds. The summed E-state index contributed by atoms with van der Waals surface area (Å²) in [6.45, 7) is 1.44. The van der Waals surface area contributed by atoms with Crippen LogP contribution in [0.1, 0.15) is 45.4 Å². The predicted molar refractivity (Wildman–Crippen MR) is 56.4 cm³/mol. The molecular weight excluding hydrogens is 194 g/mol. The van der Waals surface area contributed by atoms with Gasteiger partial charge in [-0.1, -0.05) is 19.3 Å². The molecule has 0 radical (unpaired) electrons. The quantitative estimate of drug-likeness (QED) is 0.744. The Hall–Kier alpha value is -1.06. The average Bonchev–Trinajstić information content (AvgIpc) is 2.17. The Balaban J connectivity index is 2.52. The summed E-state index contributed by atoms with van der Waals surface area (Å²) in [7, 11) is 0. The fourth-order valence-electron chi connectivity index (χ4n) is 2.32. The summed E-state index contributed by atoms with van der Waals surface area (Å²) in [4.78, 5) is 21.7. The Labute approximate surface area is 90.0 Å². The second-order valence-electron chi connectivity index (χ2n) is 4.30. The number of carbonyl (C=O) groups is 2. The number of carboxylic acids is 1. The zero-order valence-corrected chi connectivity index (χ0v) is 9.16. The largest absolute Gasteiger partial charge is 0.481 e. The molecule has 15 heavy (non-hydrogen) atoms. The standard InChI is InChI=1S/C11H19NO3/c1-8(13)12-10(7-11(14)15)9-5-3-2-4-6-9/h9-10H,2-7H2,1H3,(H,12,13)(H,14,15)/t10-/m0/s1. The molecular formula is C11H19NO3. The topological polar surface area (TPSA) is 66.4 Å². The van der Waals surface area contributed by atoms with E-state index in [1.165, 1.54) is 13.3 Å². The monoisotopic (exact) mass is 213 g/mol. The van der Waals surface area contributed by atoms with E-state index in [0.717, 1.165) is 25.7 Å². The van der Waals surface area contributed by atoms with Crippen LogP contribution in [0.25, 0.3) is 0 Å². The predicted octanol–water partition coefficient (Wildman–Crippen LogP) is 1.55. The Morgan fingerprint density at radius 3 is 2.40 bits per heavy atom. The number of rotatable bonds is 4. The lowest BCUT2D eigenvalue weighted by molar-refractivity contribution is -0.138. The Morgan fingerprint density at radius 2 is 1.93 bits per heavy atom. The van der Waals surface area contributed by atoms with Gasteiger partial charge >= 0.3 is 5.97 Å². The van der Waals surface area contributed by atoms with E-state index in [1.807, 2.05) is 0 Å². The smallest absolute Gasteiger partial charge is 0.305 e. The molecule has 0 saturated heterocycles. The van der Waals surface area contributed by atoms with Gasteiger partial charge in [-0.3, -0.25) is 9.59 Å². The first-order valence-corrected chi connectivity index (χ1v) is 5.58. The van der Waals surface area contributed by atoms with E-state index in [-0.39, 0.29) is 18.4 Å². The zero-order chi connectivity index (χ0) is 11.3. The van der Waals surface area contributed by atoms with Crippen LogP contribution in [0.4, 0.5) is 0 Å². The molecule has 4 heteroatoms. The molecule has 0 unspecified atom stereocenters. The lowest BCUT2D eigenvalue weighted by atomic mass is 9.82. The van der Waals surface area contributed by atoms with E-state index >= 15 is 0 Å². The van der Waals surface area contributed by atoms with Crippen molar-refractivity contribution < 1.29 is 14.7 Å². The summed E-state index contributed by atoms with van der Waals surface area (Å²) >= 11 is 0. The van der Waals surface area contributed by atoms with Crippen LogP contribution in [0.15, 0.2) is 0 Å². The first-order chi connectivity index (χ1) is 7.09. The van der Waals surface area contributed by atoms with Gasteiger partial charge in [-0.15, -0.1) is 0 Å². The van der Waals surface area contributed by atoms with Crippen molar-refractivity contribution in [3.8, 4) is 0 Å². The highest BCUT2D eigenvalue weighted by molar-refractivity contribution is 5.75. The fourth-order valence-corrected chi connectivity index (χ4v) is 2.32. The van der Waals surface area contributed by atoms with Gasteiger partial charge in [0, 0.05) is 13.0 Å². The molecule has 86 valence electrons. The van der Waals surface area contributed by atoms with E-state index < -0.39 is 5.97 Å². The second kappa shape index (κ2) is 5.73. The van der Waals surface area contributed by atoms with Crippen LogP contribution in [0.3, 0.4) is 0 Å². The van der Waals surface area contributed by atoms with Crippen molar-refractivity contribution in [1.29, 1.82) is 0 Å². The molecule has 0 aromatic carbocycles. The summed E-state index contributed by atoms with van der Waals surface area (Å²) in [5, 5.41) is 11.5. The van der Waals surface area contributed by atoms with Gasteiger partial charge in [-0.25, -0.2) is 0 Å². The van der Waals surface area contributed by atoms with Crippen LogP contribution in [0, 0.1) is 5.92 Å². The summed E-state index contributed by atoms with van der Waals surface area (Å²) in [6, 6.07) is -0.180. The molecule has 0 bridgehead atoms. The van der Waals surface area contributed by atoms with Crippen molar-refractivity contribution in [2.75, 3.05) is 0 Å². The van der Waals surface area contributed by atoms with E-state index in [2.05, 4.69) is 5.32 Å². The van der Waals surface area contributed by atoms with Crippen LogP contribution in [-0.4, -0.2) is 23.0 Å². The number of hydrogen-bond donors (Lipinski definition) is 2. The minimum Gasteiger partial charge on any atom is -0.481 e. The third kappa shape index (κ3) is 4.32. The van der Waals surface area contributed by atoms with Crippen LogP contribution in [0.5, 0.6) is 0 Å². The van der Waals surface area contributed by atoms with Crippen molar-refractivity contribution in [2.45, 2.75) is 51.5 Å². The normalized spacial score (nSPS) is 19.5. The number of amides is 1. The van der Waals surface area contributed by atoms with Gasteiger partial charge in [-0.2, -0.15) is 0 Å². The van der Waals surface area contributed by atoms with Crippen LogP contribution in [0.2, 0.25) is 0 Å². The molecule has 1 atom stereocenters. The van der Waals surface area contributed by atoms with Gasteiger partial charge in [0.2, 0.25) is 5.91 Å². The van der Waals surface area contributed by atoms with Crippen molar-refractivity contribution in [2.24, 2.45) is 5.92 Å². The Morgan fingerprint density at radius 1 is 1.33 bits per heavy atom. The highest BCUT2D eigenvalue weighted by atomic mass is 16.4. The maximum Gasteiger partial charge on any atom is 0.305 e. The van der Waals surface area contributed by atoms with Crippen LogP contribution >= 0.6 is 0 Å². The van der Waals surface area contributed by atoms with Gasteiger partial charge in [0.25, 0.3) is 0 Å². The molecule has 1 aliphatic carbocycles. The van der Waals surface area contributed by atoms with Gasteiger partial charge in [0.15, 0.2) is 0 Å². The molecule has 1 fully saturated rings. The van der Waals surface area contributed by atoms with Crippen LogP contribution < -0.4 is 5.32 Å². The van der Waals surface area contributed by atoms with E-state index in [0.29, 0.717) is 5.92 Å². The zero-order valence-electron chi connectivity index (χ0n) is 9.16. The number of nitrogens with one attached hydrogen (secondary N) is 1. The maximum atomic E-state index is 11.0. The van der Waals surface area contributed by atoms with Gasteiger partial charge < -0.3 is 10.4 Å². The second-order valence-corrected chi connectivity index (χ2v) is 4.30. The van der Waals surface area contributed by atoms with Gasteiger partial charge in [0.05, 0.1) is 6.42 Å². The molecule has 0 heterocycles. The number of carboxylic acid groups (broad SMARTS) is 1. The lowest BCUT2D eigenvalue weighted by Crippen LogP contribution is -2.41. The number of aliphatic carboxylic acids is 1. The molecule has 1 aliphatic rings. The number of hydrogen-bond acceptors (Lipinski definition) is 2. The summed E-state index contributed by atoms with van der Waals surface area (Å²) < 4.78 is 0. The van der Waals surface area contributed by atoms with Gasteiger partial charge in [-0.05, 0) is 18.8 Å². The molecule has 4 nitrogen and oxygen atoms in total. The molecule has 2 N–H and O–H groups in total. The Bertz CT molecular complexity index is 218. The number of carbonyl (C=O) groups excluding carboxylic acids is 1. The van der Waals surface area contributed by atoms with Crippen LogP contribution in [-0.2, 0) is 9.59 Å². The Kier molecular flexibility index (Phi) is 4.59. The minimum absolute atomic E-state index is 0.0459. The lowest BCUT2D eigenvalue weighted by Gasteiger charge is -2.29. The maximum absolute atomic E-state index is 11.0. The van der Waals surface area contributed by atoms with E-state index in [9.17, 15) is 9.59 Å². The molecule has 0 spiro atoms. The van der Waals surface area contributed by atoms with Crippen molar-refractivity contribution in [1.82, 2.24) is 5.32 Å². The van der Waals surface area contributed by atoms with Gasteiger partial charge in [0.1, 0.15) is 0 Å². The average molecular weight is 213 g/mol. The molecule has 1 saturated carbocycles. The van der Waals surface area contributed by atoms with Crippen molar-refractivity contribution in [3.05, 3.63) is 0 Å². The summed E-state index contributed by atoms with van der Waals surface area (Å²) in [5.74, 6) is -0.620. The molecule has 0 aromatic rings. The summed E-state index contributed by atoms with van der Waals surface area (Å²) in [5.41, 5.74) is 0. The summed E-state index contributed by atoms with van der Waals surface area (Å²) in [6.07, 6.45) is 5.66.